The summed E-state index contributed by atoms with van der Waals surface area (Å²) in [7, 11) is 1.62. The van der Waals surface area contributed by atoms with Crippen LogP contribution in [0.2, 0.25) is 0 Å². The van der Waals surface area contributed by atoms with Gasteiger partial charge >= 0.3 is 5.97 Å². The van der Waals surface area contributed by atoms with Gasteiger partial charge in [0.15, 0.2) is 0 Å². The largest absolute Gasteiger partial charge is 0.465 e. The number of hydrogen-bond acceptors (Lipinski definition) is 6. The van der Waals surface area contributed by atoms with E-state index in [1.54, 1.807) is 21.0 Å². The van der Waals surface area contributed by atoms with Crippen LogP contribution in [-0.4, -0.2) is 58.3 Å². The highest BCUT2D eigenvalue weighted by Gasteiger charge is 2.29. The summed E-state index contributed by atoms with van der Waals surface area (Å²) in [6, 6.07) is 0. The molecule has 0 radical (unpaired) electrons. The normalized spacial score (nSPS) is 14.2. The second-order valence-electron chi connectivity index (χ2n) is 4.11. The van der Waals surface area contributed by atoms with Gasteiger partial charge in [-0.1, -0.05) is 0 Å². The zero-order chi connectivity index (χ0) is 13.9. The molecule has 0 aliphatic heterocycles. The van der Waals surface area contributed by atoms with Gasteiger partial charge in [0.2, 0.25) is 0 Å². The van der Waals surface area contributed by atoms with Gasteiger partial charge in [-0.25, -0.2) is 0 Å². The molecule has 6 heteroatoms. The third-order valence-corrected chi connectivity index (χ3v) is 2.31. The lowest BCUT2D eigenvalue weighted by molar-refractivity contribution is -0.149. The first-order valence-corrected chi connectivity index (χ1v) is 6.15. The van der Waals surface area contributed by atoms with Crippen LogP contribution in [-0.2, 0) is 23.7 Å². The van der Waals surface area contributed by atoms with E-state index in [0.29, 0.717) is 46.1 Å². The van der Waals surface area contributed by atoms with E-state index in [4.69, 9.17) is 24.7 Å². The Morgan fingerprint density at radius 1 is 1.11 bits per heavy atom. The minimum absolute atomic E-state index is 0.333. The van der Waals surface area contributed by atoms with Gasteiger partial charge < -0.3 is 24.7 Å². The van der Waals surface area contributed by atoms with Crippen molar-refractivity contribution in [3.8, 4) is 0 Å². The van der Waals surface area contributed by atoms with Gasteiger partial charge in [0, 0.05) is 13.7 Å². The molecule has 0 aromatic heterocycles. The molecule has 0 heterocycles. The van der Waals surface area contributed by atoms with Gasteiger partial charge in [0.25, 0.3) is 0 Å². The summed E-state index contributed by atoms with van der Waals surface area (Å²) in [6.07, 6.45) is 0.421. The molecule has 1 atom stereocenters. The van der Waals surface area contributed by atoms with Gasteiger partial charge in [0.05, 0.1) is 33.0 Å². The van der Waals surface area contributed by atoms with Crippen molar-refractivity contribution < 1.29 is 23.7 Å². The highest BCUT2D eigenvalue weighted by Crippen LogP contribution is 2.08. The Morgan fingerprint density at radius 3 is 2.22 bits per heavy atom. The van der Waals surface area contributed by atoms with E-state index in [9.17, 15) is 4.79 Å². The molecule has 18 heavy (non-hydrogen) atoms. The zero-order valence-electron chi connectivity index (χ0n) is 11.6. The SMILES string of the molecule is CCOC(=O)C(C)(N)CCOCCOCCOC. The van der Waals surface area contributed by atoms with E-state index in [-0.39, 0.29) is 0 Å². The Hall–Kier alpha value is -0.690. The van der Waals surface area contributed by atoms with Gasteiger partial charge in [0.1, 0.15) is 5.54 Å². The highest BCUT2D eigenvalue weighted by molar-refractivity contribution is 5.79. The first-order chi connectivity index (χ1) is 8.54. The van der Waals surface area contributed by atoms with Crippen LogP contribution >= 0.6 is 0 Å². The topological polar surface area (TPSA) is 80.0 Å². The fourth-order valence-electron chi connectivity index (χ4n) is 1.15. The molecule has 0 fully saturated rings. The molecule has 0 spiro atoms. The third-order valence-electron chi connectivity index (χ3n) is 2.31. The molecule has 0 aromatic carbocycles. The van der Waals surface area contributed by atoms with Gasteiger partial charge in [-0.2, -0.15) is 0 Å². The third kappa shape index (κ3) is 8.41. The Bertz CT molecular complexity index is 221. The molecule has 0 aliphatic rings. The second-order valence-corrected chi connectivity index (χ2v) is 4.11. The van der Waals surface area contributed by atoms with Crippen molar-refractivity contribution in [2.45, 2.75) is 25.8 Å². The Kier molecular flexibility index (Phi) is 9.86. The molecule has 1 unspecified atom stereocenters. The van der Waals surface area contributed by atoms with E-state index in [0.717, 1.165) is 0 Å². The number of ether oxygens (including phenoxy) is 4. The van der Waals surface area contributed by atoms with Gasteiger partial charge in [-0.15, -0.1) is 0 Å². The number of rotatable bonds is 11. The highest BCUT2D eigenvalue weighted by atomic mass is 16.5. The average molecular weight is 263 g/mol. The number of carbonyl (C=O) groups excluding carboxylic acids is 1. The predicted octanol–water partition coefficient (Wildman–Crippen LogP) is 0.337. The lowest BCUT2D eigenvalue weighted by Crippen LogP contribution is -2.47. The Labute approximate surface area is 109 Å². The summed E-state index contributed by atoms with van der Waals surface area (Å²) in [5.74, 6) is -0.398. The van der Waals surface area contributed by atoms with Crippen LogP contribution in [0, 0.1) is 0 Å². The maximum atomic E-state index is 11.5. The van der Waals surface area contributed by atoms with E-state index in [1.165, 1.54) is 0 Å². The lowest BCUT2D eigenvalue weighted by atomic mass is 10.0. The maximum Gasteiger partial charge on any atom is 0.325 e. The predicted molar refractivity (Wildman–Crippen MR) is 67.4 cm³/mol. The average Bonchev–Trinajstić information content (AvgIpc) is 2.33. The van der Waals surface area contributed by atoms with Crippen molar-refractivity contribution in [2.75, 3.05) is 46.8 Å². The molecule has 0 bridgehead atoms. The first-order valence-electron chi connectivity index (χ1n) is 6.15. The van der Waals surface area contributed by atoms with Crippen LogP contribution in [0.25, 0.3) is 0 Å². The first kappa shape index (κ1) is 17.3. The van der Waals surface area contributed by atoms with E-state index >= 15 is 0 Å². The van der Waals surface area contributed by atoms with Crippen LogP contribution in [0.15, 0.2) is 0 Å². The minimum Gasteiger partial charge on any atom is -0.465 e. The zero-order valence-corrected chi connectivity index (χ0v) is 11.6. The number of nitrogens with two attached hydrogens (primary N) is 1. The van der Waals surface area contributed by atoms with Crippen LogP contribution in [0.5, 0.6) is 0 Å². The summed E-state index contributed by atoms with van der Waals surface area (Å²) in [5, 5.41) is 0. The van der Waals surface area contributed by atoms with Crippen molar-refractivity contribution in [2.24, 2.45) is 5.73 Å². The van der Waals surface area contributed by atoms with E-state index in [2.05, 4.69) is 0 Å². The molecular formula is C12H25NO5. The lowest BCUT2D eigenvalue weighted by Gasteiger charge is -2.21. The fourth-order valence-corrected chi connectivity index (χ4v) is 1.15. The van der Waals surface area contributed by atoms with Gasteiger partial charge in [-0.3, -0.25) is 4.79 Å². The van der Waals surface area contributed by atoms with Crippen LogP contribution in [0.4, 0.5) is 0 Å². The molecule has 108 valence electrons. The number of carbonyl (C=O) groups is 1. The van der Waals surface area contributed by atoms with E-state index < -0.39 is 11.5 Å². The number of hydrogen-bond donors (Lipinski definition) is 1. The van der Waals surface area contributed by atoms with E-state index in [1.807, 2.05) is 0 Å². The van der Waals surface area contributed by atoms with Crippen molar-refractivity contribution in [1.29, 1.82) is 0 Å². The number of methoxy groups -OCH3 is 1. The monoisotopic (exact) mass is 263 g/mol. The van der Waals surface area contributed by atoms with Crippen molar-refractivity contribution in [3.05, 3.63) is 0 Å². The summed E-state index contributed by atoms with van der Waals surface area (Å²) < 4.78 is 20.2. The van der Waals surface area contributed by atoms with Crippen LogP contribution < -0.4 is 5.73 Å². The molecule has 0 amide bonds. The van der Waals surface area contributed by atoms with Crippen molar-refractivity contribution in [3.63, 3.8) is 0 Å². The maximum absolute atomic E-state index is 11.5. The van der Waals surface area contributed by atoms with Crippen molar-refractivity contribution in [1.82, 2.24) is 0 Å². The number of esters is 1. The summed E-state index contributed by atoms with van der Waals surface area (Å²) >= 11 is 0. The quantitative estimate of drug-likeness (QED) is 0.427. The second kappa shape index (κ2) is 10.3. The Balaban J connectivity index is 3.49. The van der Waals surface area contributed by atoms with Gasteiger partial charge in [-0.05, 0) is 20.3 Å². The molecule has 0 aliphatic carbocycles. The molecular weight excluding hydrogens is 238 g/mol. The molecule has 6 nitrogen and oxygen atoms in total. The summed E-state index contributed by atoms with van der Waals surface area (Å²) in [4.78, 5) is 11.5. The standard InChI is InChI=1S/C12H25NO5/c1-4-18-11(14)12(2,13)5-6-16-9-10-17-8-7-15-3/h4-10,13H2,1-3H3. The summed E-state index contributed by atoms with van der Waals surface area (Å²) in [5.41, 5.74) is 4.83. The summed E-state index contributed by atoms with van der Waals surface area (Å²) in [6.45, 7) is 6.23. The molecule has 2 N–H and O–H groups in total. The fraction of sp³-hybridized carbons (Fsp3) is 0.917. The molecule has 0 saturated heterocycles. The van der Waals surface area contributed by atoms with Crippen LogP contribution in [0.1, 0.15) is 20.3 Å². The molecule has 0 saturated carbocycles. The molecule has 0 aromatic rings. The molecule has 0 rings (SSSR count). The minimum atomic E-state index is -0.993. The Morgan fingerprint density at radius 2 is 1.67 bits per heavy atom. The van der Waals surface area contributed by atoms with Crippen LogP contribution in [0.3, 0.4) is 0 Å². The smallest absolute Gasteiger partial charge is 0.325 e. The van der Waals surface area contributed by atoms with Crippen molar-refractivity contribution >= 4 is 5.97 Å².